The number of benzene rings is 1. The molecule has 2 atom stereocenters. The van der Waals surface area contributed by atoms with Crippen LogP contribution in [0.5, 0.6) is 0 Å². The van der Waals surface area contributed by atoms with Crippen LogP contribution < -0.4 is 5.32 Å². The number of methoxy groups -OCH3 is 2. The number of alkyl halides is 1. The molecule has 190 valence electrons. The Morgan fingerprint density at radius 2 is 1.94 bits per heavy atom. The van der Waals surface area contributed by atoms with Gasteiger partial charge in [-0.05, 0) is 18.4 Å². The summed E-state index contributed by atoms with van der Waals surface area (Å²) in [4.78, 5) is 36.2. The predicted molar refractivity (Wildman–Crippen MR) is 127 cm³/mol. The number of aromatic nitrogens is 1. The molecule has 9 nitrogen and oxygen atoms in total. The molecule has 0 saturated heterocycles. The second kappa shape index (κ2) is 11.1. The van der Waals surface area contributed by atoms with Crippen molar-refractivity contribution in [1.29, 1.82) is 0 Å². The van der Waals surface area contributed by atoms with Crippen LogP contribution in [0.25, 0.3) is 10.8 Å². The van der Waals surface area contributed by atoms with Gasteiger partial charge in [-0.1, -0.05) is 43.3 Å². The van der Waals surface area contributed by atoms with Gasteiger partial charge < -0.3 is 24.4 Å². The Kier molecular flexibility index (Phi) is 8.39. The van der Waals surface area contributed by atoms with E-state index in [1.807, 2.05) is 44.2 Å². The third kappa shape index (κ3) is 5.13. The fraction of sp³-hybridized carbons (Fsp3) is 0.520. The molecule has 0 spiro atoms. The summed E-state index contributed by atoms with van der Waals surface area (Å²) < 4.78 is 29.7. The minimum atomic E-state index is -1.89. The maximum atomic E-state index is 14.1. The summed E-state index contributed by atoms with van der Waals surface area (Å²) in [5.41, 5.74) is -0.277. The molecule has 3 rings (SSSR count). The Bertz CT molecular complexity index is 1070. The van der Waals surface area contributed by atoms with E-state index in [1.54, 1.807) is 13.1 Å². The first-order chi connectivity index (χ1) is 16.8. The molecule has 35 heavy (non-hydrogen) atoms. The van der Waals surface area contributed by atoms with Gasteiger partial charge in [0.05, 0.1) is 24.8 Å². The summed E-state index contributed by atoms with van der Waals surface area (Å²) in [6.45, 7) is 4.33. The molecule has 0 aliphatic carbocycles. The zero-order valence-corrected chi connectivity index (χ0v) is 20.7. The standard InChI is InChI=1S/C25H32FN3O6/c1-6-34-21(30)13-20(25(15-26,32-4)33-5)28-23(31)24(16(2)3)14-19(29-35-24)22-18-10-8-7-9-17(18)11-12-27-22/h7-12,16,20H,6,13-15H2,1-5H3,(H,28,31)/t20?,24-/m1/s1. The summed E-state index contributed by atoms with van der Waals surface area (Å²) in [6, 6.07) is 8.43. The van der Waals surface area contributed by atoms with Gasteiger partial charge in [0.25, 0.3) is 5.91 Å². The number of hydrogen-bond donors (Lipinski definition) is 1. The highest BCUT2D eigenvalue weighted by atomic mass is 19.1. The lowest BCUT2D eigenvalue weighted by molar-refractivity contribution is -0.236. The van der Waals surface area contributed by atoms with Gasteiger partial charge in [-0.3, -0.25) is 14.6 Å². The van der Waals surface area contributed by atoms with Crippen molar-refractivity contribution in [2.24, 2.45) is 11.1 Å². The number of carbonyl (C=O) groups excluding carboxylic acids is 2. The SMILES string of the molecule is CCOC(=O)CC(NC(=O)[C@]1(C(C)C)CC(c2nccc3ccccc23)=NO1)C(CF)(OC)OC. The van der Waals surface area contributed by atoms with Crippen LogP contribution >= 0.6 is 0 Å². The average molecular weight is 490 g/mol. The topological polar surface area (TPSA) is 108 Å². The van der Waals surface area contributed by atoms with Crippen molar-refractivity contribution in [2.75, 3.05) is 27.5 Å². The fourth-order valence-electron chi connectivity index (χ4n) is 4.17. The maximum absolute atomic E-state index is 14.1. The van der Waals surface area contributed by atoms with Gasteiger partial charge in [-0.25, -0.2) is 4.39 Å². The maximum Gasteiger partial charge on any atom is 0.308 e. The van der Waals surface area contributed by atoms with Gasteiger partial charge >= 0.3 is 5.97 Å². The number of fused-ring (bicyclic) bond motifs is 1. The van der Waals surface area contributed by atoms with Crippen molar-refractivity contribution in [3.05, 3.63) is 42.2 Å². The minimum absolute atomic E-state index is 0.131. The number of ether oxygens (including phenoxy) is 3. The summed E-state index contributed by atoms with van der Waals surface area (Å²) in [5, 5.41) is 8.83. The molecule has 1 aliphatic heterocycles. The van der Waals surface area contributed by atoms with E-state index in [-0.39, 0.29) is 25.4 Å². The number of hydrogen-bond acceptors (Lipinski definition) is 8. The van der Waals surface area contributed by atoms with Crippen LogP contribution in [-0.4, -0.2) is 67.5 Å². The molecule has 2 aromatic rings. The summed E-state index contributed by atoms with van der Waals surface area (Å²) >= 11 is 0. The van der Waals surface area contributed by atoms with Gasteiger partial charge in [0.1, 0.15) is 12.4 Å². The number of amides is 1. The largest absolute Gasteiger partial charge is 0.466 e. The Labute approximate surface area is 204 Å². The van der Waals surface area contributed by atoms with Gasteiger partial charge in [0, 0.05) is 38.1 Å². The number of esters is 1. The van der Waals surface area contributed by atoms with Crippen LogP contribution in [0.2, 0.25) is 0 Å². The first kappa shape index (κ1) is 26.5. The monoisotopic (exact) mass is 489 g/mol. The van der Waals surface area contributed by atoms with E-state index in [2.05, 4.69) is 15.5 Å². The van der Waals surface area contributed by atoms with Gasteiger partial charge in [-0.2, -0.15) is 0 Å². The molecular formula is C25H32FN3O6. The van der Waals surface area contributed by atoms with Crippen molar-refractivity contribution < 1.29 is 33.0 Å². The highest BCUT2D eigenvalue weighted by molar-refractivity contribution is 6.11. The first-order valence-electron chi connectivity index (χ1n) is 11.5. The third-order valence-electron chi connectivity index (χ3n) is 6.40. The number of oxime groups is 1. The molecule has 1 aromatic carbocycles. The van der Waals surface area contributed by atoms with Crippen molar-refractivity contribution in [1.82, 2.24) is 10.3 Å². The fourth-order valence-corrected chi connectivity index (χ4v) is 4.17. The van der Waals surface area contributed by atoms with E-state index in [1.165, 1.54) is 14.2 Å². The second-order valence-corrected chi connectivity index (χ2v) is 8.62. The zero-order chi connectivity index (χ0) is 25.6. The molecule has 10 heteroatoms. The second-order valence-electron chi connectivity index (χ2n) is 8.62. The van der Waals surface area contributed by atoms with Crippen LogP contribution in [0.4, 0.5) is 4.39 Å². The van der Waals surface area contributed by atoms with Gasteiger partial charge in [0.2, 0.25) is 11.4 Å². The van der Waals surface area contributed by atoms with Crippen LogP contribution in [0, 0.1) is 5.92 Å². The number of pyridine rings is 1. The third-order valence-corrected chi connectivity index (χ3v) is 6.40. The van der Waals surface area contributed by atoms with E-state index in [0.717, 1.165) is 10.8 Å². The average Bonchev–Trinajstić information content (AvgIpc) is 3.32. The van der Waals surface area contributed by atoms with Crippen LogP contribution in [0.3, 0.4) is 0 Å². The Balaban J connectivity index is 1.91. The number of carbonyl (C=O) groups is 2. The van der Waals surface area contributed by atoms with Crippen molar-refractivity contribution in [2.45, 2.75) is 51.0 Å². The molecule has 1 unspecified atom stereocenters. The van der Waals surface area contributed by atoms with E-state index in [4.69, 9.17) is 19.0 Å². The number of rotatable bonds is 11. The molecule has 0 radical (unpaired) electrons. The lowest BCUT2D eigenvalue weighted by atomic mass is 9.83. The minimum Gasteiger partial charge on any atom is -0.466 e. The van der Waals surface area contributed by atoms with E-state index < -0.39 is 36.0 Å². The molecule has 1 amide bonds. The molecule has 0 saturated carbocycles. The highest BCUT2D eigenvalue weighted by Gasteiger charge is 2.52. The van der Waals surface area contributed by atoms with Crippen LogP contribution in [-0.2, 0) is 28.6 Å². The normalized spacial score (nSPS) is 18.8. The Morgan fingerprint density at radius 3 is 2.57 bits per heavy atom. The number of nitrogens with zero attached hydrogens (tertiary/aromatic N) is 2. The van der Waals surface area contributed by atoms with E-state index in [0.29, 0.717) is 11.4 Å². The van der Waals surface area contributed by atoms with Crippen molar-refractivity contribution >= 4 is 28.4 Å². The smallest absolute Gasteiger partial charge is 0.308 e. The lowest BCUT2D eigenvalue weighted by Gasteiger charge is -2.38. The quantitative estimate of drug-likeness (QED) is 0.382. The van der Waals surface area contributed by atoms with E-state index >= 15 is 0 Å². The zero-order valence-electron chi connectivity index (χ0n) is 20.7. The molecule has 1 aliphatic rings. The Hall–Kier alpha value is -3.11. The van der Waals surface area contributed by atoms with Gasteiger partial charge in [0.15, 0.2) is 0 Å². The molecule has 2 heterocycles. The lowest BCUT2D eigenvalue weighted by Crippen LogP contribution is -2.62. The molecule has 0 bridgehead atoms. The van der Waals surface area contributed by atoms with Gasteiger partial charge in [-0.15, -0.1) is 0 Å². The van der Waals surface area contributed by atoms with E-state index in [9.17, 15) is 14.0 Å². The predicted octanol–water partition coefficient (Wildman–Crippen LogP) is 3.15. The molecule has 1 aromatic heterocycles. The Morgan fingerprint density at radius 1 is 1.23 bits per heavy atom. The molecule has 1 N–H and O–H groups in total. The van der Waals surface area contributed by atoms with Crippen LogP contribution in [0.1, 0.15) is 39.3 Å². The summed E-state index contributed by atoms with van der Waals surface area (Å²) in [6.07, 6.45) is 1.45. The number of nitrogens with one attached hydrogen (secondary N) is 1. The van der Waals surface area contributed by atoms with Crippen LogP contribution in [0.15, 0.2) is 41.7 Å². The molecule has 0 fully saturated rings. The summed E-state index contributed by atoms with van der Waals surface area (Å²) in [7, 11) is 2.48. The first-order valence-corrected chi connectivity index (χ1v) is 11.5. The van der Waals surface area contributed by atoms with Crippen molar-refractivity contribution in [3.63, 3.8) is 0 Å². The highest BCUT2D eigenvalue weighted by Crippen LogP contribution is 2.36. The molecular weight excluding hydrogens is 457 g/mol. The van der Waals surface area contributed by atoms with Crippen molar-refractivity contribution in [3.8, 4) is 0 Å². The number of halogens is 1. The summed E-state index contributed by atoms with van der Waals surface area (Å²) in [5.74, 6) is -3.42.